The van der Waals surface area contributed by atoms with Gasteiger partial charge >= 0.3 is 171 Å². The molecule has 0 N–H and O–H groups in total. The Morgan fingerprint density at radius 1 is 0.640 bits per heavy atom. The van der Waals surface area contributed by atoms with Crippen molar-refractivity contribution in [1.82, 2.24) is 18.4 Å². The minimum absolute atomic E-state index is 0.0910. The van der Waals surface area contributed by atoms with Crippen LogP contribution in [-0.4, -0.2) is 89.2 Å². The summed E-state index contributed by atoms with van der Waals surface area (Å²) in [4.78, 5) is 5.22. The molecule has 138 valence electrons. The van der Waals surface area contributed by atoms with Gasteiger partial charge in [0.25, 0.3) is 0 Å². The summed E-state index contributed by atoms with van der Waals surface area (Å²) in [5.41, 5.74) is 0. The maximum absolute atomic E-state index is 3.49. The van der Waals surface area contributed by atoms with Gasteiger partial charge in [-0.3, -0.25) is 0 Å². The summed E-state index contributed by atoms with van der Waals surface area (Å²) < 4.78 is 8.46. The Balaban J connectivity index is 1.55. The van der Waals surface area contributed by atoms with Crippen LogP contribution in [0, 0.1) is 0 Å². The van der Waals surface area contributed by atoms with E-state index in [1.165, 1.54) is 93.0 Å². The van der Waals surface area contributed by atoms with E-state index in [4.69, 9.17) is 0 Å². The molecule has 5 rings (SSSR count). The van der Waals surface area contributed by atoms with E-state index in [2.05, 4.69) is 49.6 Å². The molecular formula is C18H28N4SSe2. The zero-order valence-corrected chi connectivity index (χ0v) is 19.1. The molecule has 0 spiro atoms. The van der Waals surface area contributed by atoms with Crippen molar-refractivity contribution < 1.29 is 0 Å². The Morgan fingerprint density at radius 3 is 1.52 bits per heavy atom. The number of hydrogen-bond acceptors (Lipinski definition) is 4. The standard InChI is InChI=1S/C18H28N4SSe2/c24-17-19-12-7-13-20-16(19)23(21(17)14-8-3-1-4-9-14)22(18(20)25)15-10-5-2-6-11-15/h14-15H,1-13H2. The first-order chi connectivity index (χ1) is 12.3. The summed E-state index contributed by atoms with van der Waals surface area (Å²) in [5, 5.41) is 1.57. The Bertz CT molecular complexity index is 575. The normalized spacial score (nSPS) is 29.2. The van der Waals surface area contributed by atoms with Crippen molar-refractivity contribution >= 4 is 56.5 Å². The zero-order chi connectivity index (χ0) is 17.0. The molecule has 0 radical (unpaired) electrons. The number of hydrogen-bond donors (Lipinski definition) is 0. The Labute approximate surface area is 170 Å². The van der Waals surface area contributed by atoms with E-state index in [1.807, 2.05) is 0 Å². The molecule has 0 bridgehead atoms. The van der Waals surface area contributed by atoms with Crippen LogP contribution in [0.25, 0.3) is 0 Å². The van der Waals surface area contributed by atoms with Gasteiger partial charge < -0.3 is 0 Å². The molecule has 7 heteroatoms. The molecule has 4 nitrogen and oxygen atoms in total. The second-order valence-electron chi connectivity index (χ2n) is 8.00. The second-order valence-corrected chi connectivity index (χ2v) is 11.2. The summed E-state index contributed by atoms with van der Waals surface area (Å²) in [7, 11) is 0.0910. The molecule has 25 heavy (non-hydrogen) atoms. The molecule has 2 aliphatic carbocycles. The quantitative estimate of drug-likeness (QED) is 0.434. The monoisotopic (exact) mass is 492 g/mol. The molecule has 0 aromatic heterocycles. The topological polar surface area (TPSA) is 13.0 Å². The van der Waals surface area contributed by atoms with Crippen LogP contribution in [0.1, 0.15) is 70.6 Å². The van der Waals surface area contributed by atoms with Crippen molar-refractivity contribution in [1.29, 1.82) is 0 Å². The molecule has 0 unspecified atom stereocenters. The minimum atomic E-state index is 0.0910. The second kappa shape index (κ2) is 6.98. The molecule has 0 aromatic rings. The first-order valence-electron chi connectivity index (χ1n) is 10.1. The summed E-state index contributed by atoms with van der Waals surface area (Å²) in [6, 6.07) is 1.45. The molecule has 5 aliphatic rings. The molecule has 0 aromatic carbocycles. The number of rotatable bonds is 2. The van der Waals surface area contributed by atoms with E-state index in [9.17, 15) is 0 Å². The van der Waals surface area contributed by atoms with Gasteiger partial charge in [-0.05, 0) is 0 Å². The van der Waals surface area contributed by atoms with E-state index in [1.54, 1.807) is 5.11 Å². The molecule has 0 amide bonds. The van der Waals surface area contributed by atoms with Gasteiger partial charge in [0, 0.05) is 0 Å². The van der Waals surface area contributed by atoms with Crippen molar-refractivity contribution in [2.75, 3.05) is 13.1 Å². The molecule has 3 fully saturated rings. The first kappa shape index (κ1) is 17.3. The summed E-state index contributed by atoms with van der Waals surface area (Å²) in [6.07, 6.45) is 15.2. The van der Waals surface area contributed by atoms with Gasteiger partial charge in [-0.25, -0.2) is 0 Å². The summed E-state index contributed by atoms with van der Waals surface area (Å²) in [5.74, 6) is 0. The predicted molar refractivity (Wildman–Crippen MR) is 110 cm³/mol. The van der Waals surface area contributed by atoms with Gasteiger partial charge in [-0.1, -0.05) is 0 Å². The van der Waals surface area contributed by atoms with E-state index in [0.29, 0.717) is 0 Å². The fourth-order valence-electron chi connectivity index (χ4n) is 5.16. The van der Waals surface area contributed by atoms with Gasteiger partial charge in [-0.2, -0.15) is 0 Å². The summed E-state index contributed by atoms with van der Waals surface area (Å²) in [6.45, 7) is 2.37. The van der Waals surface area contributed by atoms with Crippen LogP contribution >= 0.6 is 10.9 Å². The van der Waals surface area contributed by atoms with E-state index < -0.39 is 0 Å². The van der Waals surface area contributed by atoms with Crippen LogP contribution in [0.3, 0.4) is 0 Å². The SMILES string of the molecule is [Se]=C1N2CCCN3C(=[Se])N(C4CCCCC4)S(=C23)N1C1CCCCC1. The summed E-state index contributed by atoms with van der Waals surface area (Å²) >= 11 is 6.98. The molecule has 3 heterocycles. The van der Waals surface area contributed by atoms with Gasteiger partial charge in [0.15, 0.2) is 0 Å². The fourth-order valence-corrected chi connectivity index (χ4v) is 10.5. The zero-order valence-electron chi connectivity index (χ0n) is 14.9. The Kier molecular flexibility index (Phi) is 4.83. The molecule has 0 atom stereocenters. The van der Waals surface area contributed by atoms with Crippen molar-refractivity contribution in [2.24, 2.45) is 0 Å². The Morgan fingerprint density at radius 2 is 1.08 bits per heavy atom. The van der Waals surface area contributed by atoms with Crippen LogP contribution in [0.15, 0.2) is 0 Å². The number of nitrogens with zero attached hydrogens (tertiary/aromatic N) is 4. The van der Waals surface area contributed by atoms with Crippen molar-refractivity contribution in [3.63, 3.8) is 0 Å². The van der Waals surface area contributed by atoms with Crippen LogP contribution in [0.2, 0.25) is 0 Å². The molecule has 1 saturated heterocycles. The van der Waals surface area contributed by atoms with Crippen LogP contribution in [0.4, 0.5) is 0 Å². The molecular weight excluding hydrogens is 462 g/mol. The first-order valence-corrected chi connectivity index (χ1v) is 13.0. The van der Waals surface area contributed by atoms with E-state index in [-0.39, 0.29) is 10.9 Å². The predicted octanol–water partition coefficient (Wildman–Crippen LogP) is 1.99. The van der Waals surface area contributed by atoms with Gasteiger partial charge in [0.2, 0.25) is 0 Å². The van der Waals surface area contributed by atoms with Crippen LogP contribution in [-0.2, 0) is 0 Å². The van der Waals surface area contributed by atoms with Gasteiger partial charge in [0.05, 0.1) is 0 Å². The average Bonchev–Trinajstić information content (AvgIpc) is 3.12. The Hall–Kier alpha value is 0.199. The third-order valence-corrected chi connectivity index (χ3v) is 11.1. The maximum atomic E-state index is 3.49. The van der Waals surface area contributed by atoms with Gasteiger partial charge in [-0.15, -0.1) is 0 Å². The van der Waals surface area contributed by atoms with E-state index in [0.717, 1.165) is 12.1 Å². The van der Waals surface area contributed by atoms with Crippen molar-refractivity contribution in [3.8, 4) is 0 Å². The average molecular weight is 490 g/mol. The van der Waals surface area contributed by atoms with E-state index >= 15 is 0 Å². The van der Waals surface area contributed by atoms with Crippen molar-refractivity contribution in [2.45, 2.75) is 82.7 Å². The fraction of sp³-hybridized carbons (Fsp3) is 0.833. The molecule has 3 aliphatic heterocycles. The molecule has 2 saturated carbocycles. The van der Waals surface area contributed by atoms with Crippen LogP contribution in [0.5, 0.6) is 0 Å². The van der Waals surface area contributed by atoms with Crippen LogP contribution < -0.4 is 0 Å². The van der Waals surface area contributed by atoms with Gasteiger partial charge in [0.1, 0.15) is 0 Å². The third-order valence-electron chi connectivity index (χ3n) is 6.41. The third kappa shape index (κ3) is 2.72. The van der Waals surface area contributed by atoms with Crippen molar-refractivity contribution in [3.05, 3.63) is 0 Å².